The standard InChI is InChI=1S/C15H11BrO/c1-11(16)13-9-5-6-10-14(13)15(17)12-7-3-2-4-8-12/h2-10H,1H2. The Morgan fingerprint density at radius 2 is 1.41 bits per heavy atom. The maximum Gasteiger partial charge on any atom is 0.193 e. The minimum atomic E-state index is 0.0156. The van der Waals surface area contributed by atoms with E-state index in [1.54, 1.807) is 0 Å². The van der Waals surface area contributed by atoms with E-state index < -0.39 is 0 Å². The molecule has 0 spiro atoms. The summed E-state index contributed by atoms with van der Waals surface area (Å²) in [6, 6.07) is 16.7. The molecule has 0 unspecified atom stereocenters. The summed E-state index contributed by atoms with van der Waals surface area (Å²) in [5.41, 5.74) is 2.19. The van der Waals surface area contributed by atoms with Gasteiger partial charge in [0.25, 0.3) is 0 Å². The lowest BCUT2D eigenvalue weighted by Crippen LogP contribution is -2.03. The molecule has 0 amide bonds. The third-order valence-corrected chi connectivity index (χ3v) is 2.93. The molecule has 0 saturated heterocycles. The normalized spacial score (nSPS) is 9.94. The van der Waals surface area contributed by atoms with E-state index in [4.69, 9.17) is 0 Å². The summed E-state index contributed by atoms with van der Waals surface area (Å²) in [5.74, 6) is 0.0156. The van der Waals surface area contributed by atoms with Gasteiger partial charge in [0.2, 0.25) is 0 Å². The molecule has 0 aliphatic heterocycles. The lowest BCUT2D eigenvalue weighted by Gasteiger charge is -2.07. The van der Waals surface area contributed by atoms with Crippen LogP contribution >= 0.6 is 15.9 Å². The van der Waals surface area contributed by atoms with Crippen molar-refractivity contribution in [1.82, 2.24) is 0 Å². The number of ketones is 1. The molecule has 1 nitrogen and oxygen atoms in total. The van der Waals surface area contributed by atoms with Crippen LogP contribution in [-0.4, -0.2) is 5.78 Å². The first kappa shape index (κ1) is 11.8. The Hall–Kier alpha value is -1.67. The Morgan fingerprint density at radius 1 is 0.882 bits per heavy atom. The number of hydrogen-bond acceptors (Lipinski definition) is 1. The Balaban J connectivity index is 2.48. The maximum absolute atomic E-state index is 12.3. The van der Waals surface area contributed by atoms with Crippen LogP contribution in [0.5, 0.6) is 0 Å². The van der Waals surface area contributed by atoms with Crippen LogP contribution in [0.4, 0.5) is 0 Å². The zero-order valence-electron chi connectivity index (χ0n) is 9.19. The van der Waals surface area contributed by atoms with Crippen LogP contribution in [-0.2, 0) is 0 Å². The minimum Gasteiger partial charge on any atom is -0.289 e. The van der Waals surface area contributed by atoms with E-state index in [0.29, 0.717) is 11.1 Å². The highest BCUT2D eigenvalue weighted by Gasteiger charge is 2.13. The molecule has 0 bridgehead atoms. The van der Waals surface area contributed by atoms with E-state index in [0.717, 1.165) is 10.0 Å². The van der Waals surface area contributed by atoms with Gasteiger partial charge in [-0.15, -0.1) is 0 Å². The highest BCUT2D eigenvalue weighted by atomic mass is 79.9. The molecule has 0 heterocycles. The summed E-state index contributed by atoms with van der Waals surface area (Å²) in [6.07, 6.45) is 0. The van der Waals surface area contributed by atoms with Crippen molar-refractivity contribution >= 4 is 26.2 Å². The molecule has 17 heavy (non-hydrogen) atoms. The van der Waals surface area contributed by atoms with Crippen LogP contribution in [0.25, 0.3) is 4.48 Å². The van der Waals surface area contributed by atoms with Crippen LogP contribution in [0, 0.1) is 0 Å². The summed E-state index contributed by atoms with van der Waals surface area (Å²) in [5, 5.41) is 0. The first-order chi connectivity index (χ1) is 8.20. The first-order valence-corrected chi connectivity index (χ1v) is 6.03. The molecule has 2 heteroatoms. The van der Waals surface area contributed by atoms with E-state index in [1.165, 1.54) is 0 Å². The maximum atomic E-state index is 12.3. The van der Waals surface area contributed by atoms with Crippen molar-refractivity contribution < 1.29 is 4.79 Å². The first-order valence-electron chi connectivity index (χ1n) is 5.23. The number of halogens is 1. The summed E-state index contributed by atoms with van der Waals surface area (Å²) in [7, 11) is 0. The second-order valence-corrected chi connectivity index (χ2v) is 4.60. The minimum absolute atomic E-state index is 0.0156. The second-order valence-electron chi connectivity index (χ2n) is 3.65. The van der Waals surface area contributed by atoms with Crippen molar-refractivity contribution in [3.63, 3.8) is 0 Å². The van der Waals surface area contributed by atoms with Crippen LogP contribution in [0.1, 0.15) is 21.5 Å². The van der Waals surface area contributed by atoms with Crippen molar-refractivity contribution in [1.29, 1.82) is 0 Å². The quantitative estimate of drug-likeness (QED) is 0.770. The van der Waals surface area contributed by atoms with Gasteiger partial charge in [-0.3, -0.25) is 4.79 Å². The molecule has 2 aromatic carbocycles. The van der Waals surface area contributed by atoms with Gasteiger partial charge in [-0.1, -0.05) is 77.1 Å². The molecule has 2 aromatic rings. The summed E-state index contributed by atoms with van der Waals surface area (Å²) >= 11 is 3.33. The van der Waals surface area contributed by atoms with Crippen molar-refractivity contribution in [3.05, 3.63) is 77.9 Å². The molecule has 0 aliphatic carbocycles. The van der Waals surface area contributed by atoms with E-state index in [-0.39, 0.29) is 5.78 Å². The van der Waals surface area contributed by atoms with Gasteiger partial charge in [0, 0.05) is 15.6 Å². The molecule has 84 valence electrons. The molecular weight excluding hydrogens is 276 g/mol. The fraction of sp³-hybridized carbons (Fsp3) is 0. The zero-order chi connectivity index (χ0) is 12.3. The largest absolute Gasteiger partial charge is 0.289 e. The Bertz CT molecular complexity index is 558. The molecule has 0 aliphatic rings. The third kappa shape index (κ3) is 2.53. The predicted molar refractivity (Wildman–Crippen MR) is 74.3 cm³/mol. The summed E-state index contributed by atoms with van der Waals surface area (Å²) < 4.78 is 0.720. The summed E-state index contributed by atoms with van der Waals surface area (Å²) in [4.78, 5) is 12.3. The molecule has 0 radical (unpaired) electrons. The smallest absolute Gasteiger partial charge is 0.193 e. The molecule has 0 atom stereocenters. The van der Waals surface area contributed by atoms with E-state index >= 15 is 0 Å². The number of carbonyl (C=O) groups is 1. The Kier molecular flexibility index (Phi) is 3.55. The number of rotatable bonds is 3. The average Bonchev–Trinajstić information content (AvgIpc) is 2.39. The highest BCUT2D eigenvalue weighted by Crippen LogP contribution is 2.24. The Morgan fingerprint density at radius 3 is 2.00 bits per heavy atom. The average molecular weight is 287 g/mol. The number of benzene rings is 2. The van der Waals surface area contributed by atoms with Gasteiger partial charge < -0.3 is 0 Å². The molecule has 2 rings (SSSR count). The molecule has 0 fully saturated rings. The van der Waals surface area contributed by atoms with Crippen molar-refractivity contribution in [2.45, 2.75) is 0 Å². The van der Waals surface area contributed by atoms with Gasteiger partial charge in [-0.05, 0) is 5.56 Å². The third-order valence-electron chi connectivity index (χ3n) is 2.50. The molecule has 0 aromatic heterocycles. The lowest BCUT2D eigenvalue weighted by molar-refractivity contribution is 0.103. The topological polar surface area (TPSA) is 17.1 Å². The van der Waals surface area contributed by atoms with Gasteiger partial charge in [-0.2, -0.15) is 0 Å². The van der Waals surface area contributed by atoms with E-state index in [9.17, 15) is 4.79 Å². The van der Waals surface area contributed by atoms with Crippen molar-refractivity contribution in [3.8, 4) is 0 Å². The van der Waals surface area contributed by atoms with Crippen molar-refractivity contribution in [2.75, 3.05) is 0 Å². The number of carbonyl (C=O) groups excluding carboxylic acids is 1. The van der Waals surface area contributed by atoms with Gasteiger partial charge in [-0.25, -0.2) is 0 Å². The molecular formula is C15H11BrO. The van der Waals surface area contributed by atoms with E-state index in [1.807, 2.05) is 54.6 Å². The molecule has 0 saturated carbocycles. The van der Waals surface area contributed by atoms with Gasteiger partial charge in [0.1, 0.15) is 0 Å². The lowest BCUT2D eigenvalue weighted by atomic mass is 9.98. The SMILES string of the molecule is C=C(Br)c1ccccc1C(=O)c1ccccc1. The monoisotopic (exact) mass is 286 g/mol. The van der Waals surface area contributed by atoms with Crippen LogP contribution < -0.4 is 0 Å². The van der Waals surface area contributed by atoms with Crippen LogP contribution in [0.15, 0.2) is 61.2 Å². The fourth-order valence-corrected chi connectivity index (χ4v) is 2.01. The van der Waals surface area contributed by atoms with Gasteiger partial charge in [0.05, 0.1) is 0 Å². The van der Waals surface area contributed by atoms with Crippen molar-refractivity contribution in [2.24, 2.45) is 0 Å². The fourth-order valence-electron chi connectivity index (χ4n) is 1.66. The van der Waals surface area contributed by atoms with Gasteiger partial charge >= 0.3 is 0 Å². The highest BCUT2D eigenvalue weighted by molar-refractivity contribution is 9.15. The van der Waals surface area contributed by atoms with E-state index in [2.05, 4.69) is 22.5 Å². The summed E-state index contributed by atoms with van der Waals surface area (Å²) in [6.45, 7) is 3.83. The number of hydrogen-bond donors (Lipinski definition) is 0. The second kappa shape index (κ2) is 5.11. The Labute approximate surface area is 109 Å². The predicted octanol–water partition coefficient (Wildman–Crippen LogP) is 4.28. The van der Waals surface area contributed by atoms with Crippen LogP contribution in [0.2, 0.25) is 0 Å². The van der Waals surface area contributed by atoms with Crippen LogP contribution in [0.3, 0.4) is 0 Å². The van der Waals surface area contributed by atoms with Gasteiger partial charge in [0.15, 0.2) is 5.78 Å². The molecule has 0 N–H and O–H groups in total. The zero-order valence-corrected chi connectivity index (χ0v) is 10.8.